The first-order chi connectivity index (χ1) is 9.29. The van der Waals surface area contributed by atoms with Gasteiger partial charge in [-0.1, -0.05) is 17.8 Å². The summed E-state index contributed by atoms with van der Waals surface area (Å²) in [6.07, 6.45) is 2.16. The second-order valence-corrected chi connectivity index (χ2v) is 7.07. The standard InChI is InChI=1S/C13H18N4S2/c1-17-5-4-10(8-17)9-19-13-14-12(15-16-13)7-11-3-2-6-18-11/h2-3,6,10H,4-5,7-9H2,1H3,(H,14,15,16). The first-order valence-corrected chi connectivity index (χ1v) is 8.41. The molecule has 1 saturated heterocycles. The fourth-order valence-electron chi connectivity index (χ4n) is 2.35. The Labute approximate surface area is 121 Å². The van der Waals surface area contributed by atoms with E-state index < -0.39 is 0 Å². The minimum absolute atomic E-state index is 0.786. The summed E-state index contributed by atoms with van der Waals surface area (Å²) in [6, 6.07) is 4.21. The molecular formula is C13H18N4S2. The molecule has 0 aliphatic carbocycles. The van der Waals surface area contributed by atoms with Crippen LogP contribution in [0.25, 0.3) is 0 Å². The Morgan fingerprint density at radius 2 is 2.53 bits per heavy atom. The Kier molecular flexibility index (Phi) is 4.20. The van der Waals surface area contributed by atoms with Crippen molar-refractivity contribution in [1.82, 2.24) is 20.1 Å². The van der Waals surface area contributed by atoms with Gasteiger partial charge in [-0.25, -0.2) is 4.98 Å². The van der Waals surface area contributed by atoms with Gasteiger partial charge in [-0.05, 0) is 37.4 Å². The average molecular weight is 294 g/mol. The van der Waals surface area contributed by atoms with E-state index in [1.54, 1.807) is 23.1 Å². The normalized spacial score (nSPS) is 20.2. The lowest BCUT2D eigenvalue weighted by atomic mass is 10.2. The molecule has 0 radical (unpaired) electrons. The van der Waals surface area contributed by atoms with Crippen LogP contribution >= 0.6 is 23.1 Å². The highest BCUT2D eigenvalue weighted by atomic mass is 32.2. The lowest BCUT2D eigenvalue weighted by molar-refractivity contribution is 0.403. The number of hydrogen-bond donors (Lipinski definition) is 1. The van der Waals surface area contributed by atoms with Gasteiger partial charge in [-0.2, -0.15) is 0 Å². The van der Waals surface area contributed by atoms with Gasteiger partial charge in [0.25, 0.3) is 0 Å². The molecule has 0 saturated carbocycles. The number of aromatic nitrogens is 3. The second-order valence-electron chi connectivity index (χ2n) is 5.05. The maximum atomic E-state index is 4.55. The third-order valence-electron chi connectivity index (χ3n) is 3.37. The number of H-pyrrole nitrogens is 1. The lowest BCUT2D eigenvalue weighted by Crippen LogP contribution is -2.14. The highest BCUT2D eigenvalue weighted by Gasteiger charge is 2.20. The number of thioether (sulfide) groups is 1. The molecule has 1 aliphatic rings. The summed E-state index contributed by atoms with van der Waals surface area (Å²) in [5, 5.41) is 10.3. The van der Waals surface area contributed by atoms with Crippen molar-refractivity contribution >= 4 is 23.1 Å². The molecule has 1 unspecified atom stereocenters. The van der Waals surface area contributed by atoms with Crippen LogP contribution in [0.15, 0.2) is 22.7 Å². The van der Waals surface area contributed by atoms with Gasteiger partial charge in [0.15, 0.2) is 0 Å². The van der Waals surface area contributed by atoms with Crippen LogP contribution in [-0.2, 0) is 6.42 Å². The van der Waals surface area contributed by atoms with Crippen LogP contribution < -0.4 is 0 Å². The summed E-state index contributed by atoms with van der Waals surface area (Å²) in [4.78, 5) is 8.27. The van der Waals surface area contributed by atoms with Crippen LogP contribution in [0.5, 0.6) is 0 Å². The zero-order chi connectivity index (χ0) is 13.1. The van der Waals surface area contributed by atoms with Crippen LogP contribution in [0.4, 0.5) is 0 Å². The summed E-state index contributed by atoms with van der Waals surface area (Å²) >= 11 is 3.54. The summed E-state index contributed by atoms with van der Waals surface area (Å²) in [5.41, 5.74) is 0. The van der Waals surface area contributed by atoms with Crippen LogP contribution in [0, 0.1) is 5.92 Å². The van der Waals surface area contributed by atoms with Gasteiger partial charge in [-0.3, -0.25) is 5.10 Å². The van der Waals surface area contributed by atoms with E-state index in [0.29, 0.717) is 0 Å². The minimum Gasteiger partial charge on any atom is -0.306 e. The van der Waals surface area contributed by atoms with E-state index in [-0.39, 0.29) is 0 Å². The fourth-order valence-corrected chi connectivity index (χ4v) is 4.01. The molecule has 1 N–H and O–H groups in total. The van der Waals surface area contributed by atoms with Gasteiger partial charge < -0.3 is 4.90 Å². The number of likely N-dealkylation sites (tertiary alicyclic amines) is 1. The molecule has 2 aromatic rings. The zero-order valence-electron chi connectivity index (χ0n) is 11.0. The number of nitrogens with zero attached hydrogens (tertiary/aromatic N) is 3. The molecule has 6 heteroatoms. The van der Waals surface area contributed by atoms with Crippen LogP contribution in [-0.4, -0.2) is 46.0 Å². The van der Waals surface area contributed by atoms with Crippen molar-refractivity contribution in [1.29, 1.82) is 0 Å². The van der Waals surface area contributed by atoms with Crippen LogP contribution in [0.1, 0.15) is 17.1 Å². The topological polar surface area (TPSA) is 44.8 Å². The van der Waals surface area contributed by atoms with Crippen molar-refractivity contribution in [3.63, 3.8) is 0 Å². The van der Waals surface area contributed by atoms with Gasteiger partial charge >= 0.3 is 0 Å². The largest absolute Gasteiger partial charge is 0.306 e. The summed E-state index contributed by atoms with van der Waals surface area (Å²) < 4.78 is 0. The van der Waals surface area contributed by atoms with Crippen molar-refractivity contribution in [2.75, 3.05) is 25.9 Å². The fraction of sp³-hybridized carbons (Fsp3) is 0.538. The van der Waals surface area contributed by atoms with Gasteiger partial charge in [0.1, 0.15) is 5.82 Å². The van der Waals surface area contributed by atoms with Crippen LogP contribution in [0.2, 0.25) is 0 Å². The zero-order valence-corrected chi connectivity index (χ0v) is 12.6. The van der Waals surface area contributed by atoms with Gasteiger partial charge in [0, 0.05) is 23.6 Å². The van der Waals surface area contributed by atoms with E-state index in [4.69, 9.17) is 0 Å². The maximum Gasteiger partial charge on any atom is 0.208 e. The summed E-state index contributed by atoms with van der Waals surface area (Å²) in [5.74, 6) is 2.88. The third kappa shape index (κ3) is 3.58. The quantitative estimate of drug-likeness (QED) is 0.861. The van der Waals surface area contributed by atoms with Crippen LogP contribution in [0.3, 0.4) is 0 Å². The van der Waals surface area contributed by atoms with Crippen molar-refractivity contribution in [3.8, 4) is 0 Å². The first kappa shape index (κ1) is 13.1. The Morgan fingerprint density at radius 3 is 3.26 bits per heavy atom. The molecule has 0 amide bonds. The average Bonchev–Trinajstić information content (AvgIpc) is 3.10. The molecule has 3 rings (SSSR count). The van der Waals surface area contributed by atoms with Crippen molar-refractivity contribution in [2.45, 2.75) is 18.0 Å². The molecule has 3 heterocycles. The van der Waals surface area contributed by atoms with E-state index in [0.717, 1.165) is 29.1 Å². The SMILES string of the molecule is CN1CCC(CSc2n[nH]c(Cc3cccs3)n2)C1. The molecule has 4 nitrogen and oxygen atoms in total. The molecule has 19 heavy (non-hydrogen) atoms. The molecule has 102 valence electrons. The number of aromatic amines is 1. The third-order valence-corrected chi connectivity index (χ3v) is 5.33. The van der Waals surface area contributed by atoms with Gasteiger partial charge in [0.2, 0.25) is 5.16 Å². The Balaban J connectivity index is 1.50. The van der Waals surface area contributed by atoms with Gasteiger partial charge in [0.05, 0.1) is 0 Å². The first-order valence-electron chi connectivity index (χ1n) is 6.54. The molecule has 0 spiro atoms. The van der Waals surface area contributed by atoms with E-state index in [1.165, 1.54) is 24.4 Å². The second kappa shape index (κ2) is 6.07. The van der Waals surface area contributed by atoms with E-state index in [1.807, 2.05) is 0 Å². The number of hydrogen-bond acceptors (Lipinski definition) is 5. The molecule has 2 aromatic heterocycles. The summed E-state index contributed by atoms with van der Waals surface area (Å²) in [7, 11) is 2.19. The Bertz CT molecular complexity index is 508. The lowest BCUT2D eigenvalue weighted by Gasteiger charge is -2.07. The number of rotatable bonds is 5. The summed E-state index contributed by atoms with van der Waals surface area (Å²) in [6.45, 7) is 2.43. The Hall–Kier alpha value is -0.850. The molecular weight excluding hydrogens is 276 g/mol. The smallest absolute Gasteiger partial charge is 0.208 e. The van der Waals surface area contributed by atoms with E-state index in [2.05, 4.69) is 44.6 Å². The highest BCUT2D eigenvalue weighted by molar-refractivity contribution is 7.99. The molecule has 0 aromatic carbocycles. The molecule has 1 atom stereocenters. The highest BCUT2D eigenvalue weighted by Crippen LogP contribution is 2.23. The van der Waals surface area contributed by atoms with E-state index >= 15 is 0 Å². The van der Waals surface area contributed by atoms with Gasteiger partial charge in [-0.15, -0.1) is 16.4 Å². The number of nitrogens with one attached hydrogen (secondary N) is 1. The molecule has 0 bridgehead atoms. The molecule has 1 fully saturated rings. The monoisotopic (exact) mass is 294 g/mol. The predicted molar refractivity (Wildman–Crippen MR) is 79.8 cm³/mol. The Morgan fingerprint density at radius 1 is 1.58 bits per heavy atom. The van der Waals surface area contributed by atoms with Crippen molar-refractivity contribution in [3.05, 3.63) is 28.2 Å². The van der Waals surface area contributed by atoms with Crippen molar-refractivity contribution < 1.29 is 0 Å². The molecule has 1 aliphatic heterocycles. The van der Waals surface area contributed by atoms with Crippen molar-refractivity contribution in [2.24, 2.45) is 5.92 Å². The van der Waals surface area contributed by atoms with E-state index in [9.17, 15) is 0 Å². The predicted octanol–water partition coefficient (Wildman–Crippen LogP) is 2.50. The maximum absolute atomic E-state index is 4.55. The minimum atomic E-state index is 0.786. The number of thiophene rings is 1.